The monoisotopic (exact) mass is 380 g/mol. The molecule has 1 fully saturated rings. The molecule has 0 amide bonds. The summed E-state index contributed by atoms with van der Waals surface area (Å²) in [6.45, 7) is 1.97. The number of imidazole rings is 1. The van der Waals surface area contributed by atoms with Crippen LogP contribution >= 0.6 is 11.3 Å². The van der Waals surface area contributed by atoms with Crippen molar-refractivity contribution in [1.82, 2.24) is 9.38 Å². The first-order chi connectivity index (χ1) is 12.0. The van der Waals surface area contributed by atoms with Gasteiger partial charge in [-0.1, -0.05) is 17.4 Å². The van der Waals surface area contributed by atoms with Crippen molar-refractivity contribution < 1.29 is 18.2 Å². The second-order valence-electron chi connectivity index (χ2n) is 6.43. The Morgan fingerprint density at radius 1 is 1.40 bits per heavy atom. The Hall–Kier alpha value is -1.48. The zero-order valence-corrected chi connectivity index (χ0v) is 15.9. The second-order valence-corrected chi connectivity index (χ2v) is 8.56. The van der Waals surface area contributed by atoms with E-state index in [0.29, 0.717) is 12.2 Å². The van der Waals surface area contributed by atoms with Crippen LogP contribution in [0.4, 0.5) is 0 Å². The number of nitrogens with zero attached hydrogens (tertiary/aromatic N) is 2. The van der Waals surface area contributed by atoms with Crippen molar-refractivity contribution in [3.05, 3.63) is 40.4 Å². The maximum absolute atomic E-state index is 11.7. The summed E-state index contributed by atoms with van der Waals surface area (Å²) in [6.07, 6.45) is 8.36. The fourth-order valence-corrected chi connectivity index (χ4v) is 5.37. The van der Waals surface area contributed by atoms with Gasteiger partial charge in [-0.2, -0.15) is 0 Å². The molecule has 2 heterocycles. The van der Waals surface area contributed by atoms with E-state index in [1.165, 1.54) is 12.0 Å². The normalized spacial score (nSPS) is 23.3. The third kappa shape index (κ3) is 2.68. The number of ether oxygens (including phenoxy) is 2. The number of hydrogen-bond acceptors (Lipinski definition) is 5. The van der Waals surface area contributed by atoms with Gasteiger partial charge in [0.15, 0.2) is 16.0 Å². The lowest BCUT2D eigenvalue weighted by molar-refractivity contribution is 0.0818. The van der Waals surface area contributed by atoms with Crippen molar-refractivity contribution in [1.29, 1.82) is 0 Å². The van der Waals surface area contributed by atoms with Gasteiger partial charge < -0.3 is 14.0 Å². The van der Waals surface area contributed by atoms with Crippen molar-refractivity contribution in [3.63, 3.8) is 0 Å². The number of fused-ring (bicyclic) bond motifs is 1. The zero-order chi connectivity index (χ0) is 17.8. The van der Waals surface area contributed by atoms with Crippen molar-refractivity contribution in [2.75, 3.05) is 14.2 Å². The Morgan fingerprint density at radius 3 is 2.76 bits per heavy atom. The molecule has 8 heteroatoms. The summed E-state index contributed by atoms with van der Waals surface area (Å²) in [5.41, 5.74) is 2.76. The van der Waals surface area contributed by atoms with Crippen LogP contribution in [0.2, 0.25) is 0 Å². The SMILES string of the molecule is COC1=CC=C(c2c(C)nc3sc(C4(OC)CC4)cn23)CC1S(=O)O. The summed E-state index contributed by atoms with van der Waals surface area (Å²) in [5.74, 6) is 0.533. The first-order valence-electron chi connectivity index (χ1n) is 8.08. The highest BCUT2D eigenvalue weighted by Crippen LogP contribution is 2.51. The van der Waals surface area contributed by atoms with Crippen molar-refractivity contribution in [2.45, 2.75) is 37.0 Å². The molecule has 0 bridgehead atoms. The summed E-state index contributed by atoms with van der Waals surface area (Å²) in [7, 11) is 3.28. The molecular formula is C17H20N2O4S2. The molecule has 0 spiro atoms. The second kappa shape index (κ2) is 6.05. The van der Waals surface area contributed by atoms with Crippen LogP contribution in [0.15, 0.2) is 24.1 Å². The molecule has 2 aliphatic carbocycles. The molecule has 6 nitrogen and oxygen atoms in total. The highest BCUT2D eigenvalue weighted by atomic mass is 32.2. The number of hydrogen-bond donors (Lipinski definition) is 1. The summed E-state index contributed by atoms with van der Waals surface area (Å²) >= 11 is -0.333. The molecule has 0 saturated heterocycles. The molecule has 134 valence electrons. The fraction of sp³-hybridized carbons (Fsp3) is 0.471. The van der Waals surface area contributed by atoms with E-state index in [4.69, 9.17) is 9.47 Å². The molecule has 2 atom stereocenters. The average molecular weight is 380 g/mol. The van der Waals surface area contributed by atoms with E-state index < -0.39 is 16.3 Å². The van der Waals surface area contributed by atoms with Gasteiger partial charge in [0.2, 0.25) is 0 Å². The fourth-order valence-electron chi connectivity index (χ4n) is 3.42. The first kappa shape index (κ1) is 17.0. The lowest BCUT2D eigenvalue weighted by Crippen LogP contribution is -2.21. The van der Waals surface area contributed by atoms with Crippen LogP contribution in [0.25, 0.3) is 10.5 Å². The minimum absolute atomic E-state index is 0.143. The van der Waals surface area contributed by atoms with Crippen LogP contribution in [-0.4, -0.2) is 37.6 Å². The molecule has 2 unspecified atom stereocenters. The van der Waals surface area contributed by atoms with Crippen molar-refractivity contribution in [2.24, 2.45) is 0 Å². The highest BCUT2D eigenvalue weighted by Gasteiger charge is 2.46. The molecule has 1 N–H and O–H groups in total. The molecule has 0 aromatic carbocycles. The number of methoxy groups -OCH3 is 2. The van der Waals surface area contributed by atoms with Crippen LogP contribution in [0.5, 0.6) is 0 Å². The van der Waals surface area contributed by atoms with E-state index in [0.717, 1.165) is 34.8 Å². The van der Waals surface area contributed by atoms with E-state index in [1.54, 1.807) is 24.5 Å². The molecule has 2 aromatic rings. The van der Waals surface area contributed by atoms with Gasteiger partial charge in [0.1, 0.15) is 16.6 Å². The number of aryl methyl sites for hydroxylation is 1. The zero-order valence-electron chi connectivity index (χ0n) is 14.3. The van der Waals surface area contributed by atoms with E-state index in [2.05, 4.69) is 15.6 Å². The molecule has 2 aromatic heterocycles. The summed E-state index contributed by atoms with van der Waals surface area (Å²) in [6, 6.07) is 0. The van der Waals surface area contributed by atoms with Crippen LogP contribution < -0.4 is 0 Å². The lowest BCUT2D eigenvalue weighted by atomic mass is 9.99. The van der Waals surface area contributed by atoms with Gasteiger partial charge in [-0.05, 0) is 37.8 Å². The quantitative estimate of drug-likeness (QED) is 0.806. The maximum Gasteiger partial charge on any atom is 0.194 e. The molecule has 0 aliphatic heterocycles. The molecule has 2 aliphatic rings. The number of thiazole rings is 1. The third-order valence-corrected chi connectivity index (χ3v) is 7.05. The van der Waals surface area contributed by atoms with Gasteiger partial charge in [0, 0.05) is 13.3 Å². The van der Waals surface area contributed by atoms with Gasteiger partial charge in [0.05, 0.1) is 23.4 Å². The van der Waals surface area contributed by atoms with Crippen LogP contribution in [0, 0.1) is 6.92 Å². The topological polar surface area (TPSA) is 73.1 Å². The first-order valence-corrected chi connectivity index (χ1v) is 10.1. The summed E-state index contributed by atoms with van der Waals surface area (Å²) in [5, 5.41) is -0.554. The molecular weight excluding hydrogens is 360 g/mol. The molecule has 0 radical (unpaired) electrons. The predicted octanol–water partition coefficient (Wildman–Crippen LogP) is 3.25. The van der Waals surface area contributed by atoms with Crippen LogP contribution in [0.3, 0.4) is 0 Å². The van der Waals surface area contributed by atoms with Crippen molar-refractivity contribution in [3.8, 4) is 0 Å². The minimum Gasteiger partial charge on any atom is -0.500 e. The predicted molar refractivity (Wildman–Crippen MR) is 98.0 cm³/mol. The molecule has 1 saturated carbocycles. The Balaban J connectivity index is 1.78. The minimum atomic E-state index is -1.99. The van der Waals surface area contributed by atoms with Gasteiger partial charge in [-0.3, -0.25) is 4.40 Å². The average Bonchev–Trinajstić information content (AvgIpc) is 3.21. The lowest BCUT2D eigenvalue weighted by Gasteiger charge is -2.21. The number of aromatic nitrogens is 2. The molecule has 4 rings (SSSR count). The van der Waals surface area contributed by atoms with Gasteiger partial charge >= 0.3 is 0 Å². The van der Waals surface area contributed by atoms with E-state index in [1.807, 2.05) is 13.0 Å². The molecule has 25 heavy (non-hydrogen) atoms. The summed E-state index contributed by atoms with van der Waals surface area (Å²) < 4.78 is 34.3. The number of rotatable bonds is 5. The standard InChI is InChI=1S/C17H20N2O4S2/c1-10-15(11-4-5-12(22-2)13(8-11)25(20)21)19-9-14(24-16(19)18-10)17(23-3)6-7-17/h4-5,9,13H,6-8H2,1-3H3,(H,20,21). The van der Waals surface area contributed by atoms with E-state index >= 15 is 0 Å². The third-order valence-electron chi connectivity index (χ3n) is 5.00. The van der Waals surface area contributed by atoms with Crippen LogP contribution in [-0.2, 0) is 26.2 Å². The maximum atomic E-state index is 11.7. The Labute approximate surface area is 152 Å². The van der Waals surface area contributed by atoms with Gasteiger partial charge in [-0.15, -0.1) is 0 Å². The highest BCUT2D eigenvalue weighted by molar-refractivity contribution is 7.80. The largest absolute Gasteiger partial charge is 0.500 e. The smallest absolute Gasteiger partial charge is 0.194 e. The van der Waals surface area contributed by atoms with Crippen LogP contribution in [0.1, 0.15) is 35.5 Å². The Morgan fingerprint density at radius 2 is 2.16 bits per heavy atom. The van der Waals surface area contributed by atoms with E-state index in [9.17, 15) is 8.76 Å². The van der Waals surface area contributed by atoms with Crippen molar-refractivity contribution >= 4 is 33.0 Å². The van der Waals surface area contributed by atoms with E-state index in [-0.39, 0.29) is 5.60 Å². The Kier molecular flexibility index (Phi) is 4.10. The van der Waals surface area contributed by atoms with Gasteiger partial charge in [-0.25, -0.2) is 9.19 Å². The summed E-state index contributed by atoms with van der Waals surface area (Å²) in [4.78, 5) is 6.80. The van der Waals surface area contributed by atoms with Gasteiger partial charge in [0.25, 0.3) is 0 Å². The number of allylic oxidation sites excluding steroid dienone is 3. The Bertz CT molecular complexity index is 921.